The number of thiophene rings is 1. The van der Waals surface area contributed by atoms with E-state index >= 15 is 0 Å². The molecule has 0 atom stereocenters. The third kappa shape index (κ3) is 4.93. The van der Waals surface area contributed by atoms with Crippen LogP contribution in [0.3, 0.4) is 0 Å². The van der Waals surface area contributed by atoms with Crippen LogP contribution in [0.25, 0.3) is 15.9 Å². The molecule has 4 aromatic rings. The summed E-state index contributed by atoms with van der Waals surface area (Å²) in [4.78, 5) is 30.0. The van der Waals surface area contributed by atoms with Crippen LogP contribution in [-0.2, 0) is 11.3 Å². The number of rotatable bonds is 6. The second kappa shape index (κ2) is 9.40. The first kappa shape index (κ1) is 21.8. The minimum atomic E-state index is -0.440. The number of thioether (sulfide) groups is 1. The molecule has 1 N–H and O–H groups in total. The van der Waals surface area contributed by atoms with Gasteiger partial charge in [-0.2, -0.15) is 0 Å². The van der Waals surface area contributed by atoms with Crippen molar-refractivity contribution >= 4 is 62.4 Å². The predicted octanol–water partition coefficient (Wildman–Crippen LogP) is 5.30. The molecule has 1 amide bonds. The van der Waals surface area contributed by atoms with E-state index in [1.807, 2.05) is 0 Å². The van der Waals surface area contributed by atoms with Gasteiger partial charge in [-0.25, -0.2) is 9.37 Å². The van der Waals surface area contributed by atoms with E-state index in [-0.39, 0.29) is 28.8 Å². The van der Waals surface area contributed by atoms with E-state index in [9.17, 15) is 14.0 Å². The first-order chi connectivity index (χ1) is 14.9. The average molecular weight is 494 g/mol. The molecular formula is C21H14Cl2FN3O2S2. The van der Waals surface area contributed by atoms with Crippen molar-refractivity contribution in [2.24, 2.45) is 0 Å². The molecule has 0 aliphatic carbocycles. The maximum Gasteiger partial charge on any atom is 0.276 e. The summed E-state index contributed by atoms with van der Waals surface area (Å²) in [7, 11) is 0. The lowest BCUT2D eigenvalue weighted by Crippen LogP contribution is -2.26. The second-order valence-corrected chi connectivity index (χ2v) is 9.15. The Balaban J connectivity index is 1.55. The quantitative estimate of drug-likeness (QED) is 0.292. The first-order valence-electron chi connectivity index (χ1n) is 9.02. The fraction of sp³-hybridized carbons (Fsp3) is 0.0952. The highest BCUT2D eigenvalue weighted by Gasteiger charge is 2.16. The number of amides is 1. The Morgan fingerprint density at radius 1 is 1.19 bits per heavy atom. The molecule has 0 saturated carbocycles. The fourth-order valence-corrected chi connectivity index (χ4v) is 4.89. The summed E-state index contributed by atoms with van der Waals surface area (Å²) in [5.74, 6) is -0.686. The lowest BCUT2D eigenvalue weighted by atomic mass is 10.2. The van der Waals surface area contributed by atoms with Crippen LogP contribution >= 0.6 is 46.3 Å². The number of fused-ring (bicyclic) bond motifs is 1. The zero-order valence-corrected chi connectivity index (χ0v) is 18.9. The Hall–Kier alpha value is -2.39. The Bertz CT molecular complexity index is 1340. The molecule has 0 saturated heterocycles. The lowest BCUT2D eigenvalue weighted by Gasteiger charge is -2.12. The molecule has 0 aliphatic rings. The van der Waals surface area contributed by atoms with E-state index in [2.05, 4.69) is 10.3 Å². The van der Waals surface area contributed by atoms with Crippen molar-refractivity contribution in [3.8, 4) is 5.69 Å². The number of benzene rings is 2. The molecule has 2 aromatic heterocycles. The number of halogens is 3. The fourth-order valence-electron chi connectivity index (χ4n) is 2.87. The van der Waals surface area contributed by atoms with Gasteiger partial charge in [-0.3, -0.25) is 14.2 Å². The van der Waals surface area contributed by atoms with Crippen LogP contribution < -0.4 is 10.9 Å². The van der Waals surface area contributed by atoms with Crippen molar-refractivity contribution in [2.75, 3.05) is 5.75 Å². The zero-order chi connectivity index (χ0) is 22.0. The van der Waals surface area contributed by atoms with Crippen molar-refractivity contribution in [1.29, 1.82) is 0 Å². The van der Waals surface area contributed by atoms with Gasteiger partial charge in [0.2, 0.25) is 5.91 Å². The third-order valence-corrected chi connectivity index (χ3v) is 6.76. The van der Waals surface area contributed by atoms with E-state index in [1.165, 1.54) is 34.1 Å². The molecule has 0 aliphatic heterocycles. The van der Waals surface area contributed by atoms with E-state index in [0.717, 1.165) is 11.8 Å². The van der Waals surface area contributed by atoms with E-state index in [4.69, 9.17) is 23.2 Å². The standard InChI is InChI=1S/C21H14Cl2FN3O2S2/c22-13-2-1-3-15(8-13)27-20(29)19-17(6-7-30-19)26-21(27)31-11-18(28)25-10-12-4-5-14(24)9-16(12)23/h1-9H,10-11H2,(H,25,28). The Kier molecular flexibility index (Phi) is 6.62. The predicted molar refractivity (Wildman–Crippen MR) is 124 cm³/mol. The second-order valence-electron chi connectivity index (χ2n) is 6.45. The van der Waals surface area contributed by atoms with Gasteiger partial charge in [-0.1, -0.05) is 47.1 Å². The van der Waals surface area contributed by atoms with Crippen LogP contribution in [0.5, 0.6) is 0 Å². The van der Waals surface area contributed by atoms with Gasteiger partial charge in [-0.15, -0.1) is 11.3 Å². The molecular weight excluding hydrogens is 480 g/mol. The molecule has 5 nitrogen and oxygen atoms in total. The zero-order valence-electron chi connectivity index (χ0n) is 15.8. The summed E-state index contributed by atoms with van der Waals surface area (Å²) < 4.78 is 15.1. The SMILES string of the molecule is O=C(CSc1nc2ccsc2c(=O)n1-c1cccc(Cl)c1)NCc1ccc(F)cc1Cl. The van der Waals surface area contributed by atoms with Crippen molar-refractivity contribution in [2.45, 2.75) is 11.7 Å². The van der Waals surface area contributed by atoms with Gasteiger partial charge < -0.3 is 5.32 Å². The topological polar surface area (TPSA) is 64.0 Å². The van der Waals surface area contributed by atoms with Crippen molar-refractivity contribution in [3.63, 3.8) is 0 Å². The molecule has 2 heterocycles. The van der Waals surface area contributed by atoms with Gasteiger partial charge >= 0.3 is 0 Å². The van der Waals surface area contributed by atoms with Gasteiger partial charge in [0.15, 0.2) is 5.16 Å². The van der Waals surface area contributed by atoms with Gasteiger partial charge in [-0.05, 0) is 47.3 Å². The summed E-state index contributed by atoms with van der Waals surface area (Å²) >= 11 is 14.6. The number of carbonyl (C=O) groups is 1. The Labute approximate surface area is 194 Å². The summed E-state index contributed by atoms with van der Waals surface area (Å²) in [6, 6.07) is 12.7. The highest BCUT2D eigenvalue weighted by Crippen LogP contribution is 2.25. The van der Waals surface area contributed by atoms with E-state index < -0.39 is 5.82 Å². The van der Waals surface area contributed by atoms with Gasteiger partial charge in [0.05, 0.1) is 17.0 Å². The molecule has 4 rings (SSSR count). The van der Waals surface area contributed by atoms with Crippen LogP contribution in [0.4, 0.5) is 4.39 Å². The third-order valence-electron chi connectivity index (χ3n) is 4.34. The summed E-state index contributed by atoms with van der Waals surface area (Å²) in [6.45, 7) is 0.163. The molecule has 10 heteroatoms. The molecule has 158 valence electrons. The normalized spacial score (nSPS) is 11.1. The molecule has 0 unspecified atom stereocenters. The van der Waals surface area contributed by atoms with Crippen LogP contribution in [0.2, 0.25) is 10.0 Å². The monoisotopic (exact) mass is 493 g/mol. The van der Waals surface area contributed by atoms with Crippen LogP contribution in [0.15, 0.2) is 63.9 Å². The highest BCUT2D eigenvalue weighted by molar-refractivity contribution is 7.99. The van der Waals surface area contributed by atoms with Crippen LogP contribution in [0.1, 0.15) is 5.56 Å². The number of nitrogens with one attached hydrogen (secondary N) is 1. The maximum absolute atomic E-state index is 13.2. The minimum Gasteiger partial charge on any atom is -0.351 e. The molecule has 0 spiro atoms. The number of hydrogen-bond acceptors (Lipinski definition) is 5. The molecule has 0 bridgehead atoms. The van der Waals surface area contributed by atoms with Crippen molar-refractivity contribution in [1.82, 2.24) is 14.9 Å². The lowest BCUT2D eigenvalue weighted by molar-refractivity contribution is -0.118. The minimum absolute atomic E-state index is 0.0292. The average Bonchev–Trinajstić information content (AvgIpc) is 3.20. The first-order valence-corrected chi connectivity index (χ1v) is 11.6. The van der Waals surface area contributed by atoms with Crippen molar-refractivity contribution < 1.29 is 9.18 Å². The number of nitrogens with zero attached hydrogens (tertiary/aromatic N) is 2. The van der Waals surface area contributed by atoms with E-state index in [1.54, 1.807) is 35.7 Å². The molecule has 31 heavy (non-hydrogen) atoms. The van der Waals surface area contributed by atoms with E-state index in [0.29, 0.717) is 31.6 Å². The molecule has 2 aromatic carbocycles. The van der Waals surface area contributed by atoms with Crippen LogP contribution in [0, 0.1) is 5.82 Å². The van der Waals surface area contributed by atoms with Gasteiger partial charge in [0.25, 0.3) is 5.56 Å². The molecule has 0 fully saturated rings. The number of hydrogen-bond donors (Lipinski definition) is 1. The van der Waals surface area contributed by atoms with Crippen LogP contribution in [-0.4, -0.2) is 21.2 Å². The maximum atomic E-state index is 13.2. The highest BCUT2D eigenvalue weighted by atomic mass is 35.5. The largest absolute Gasteiger partial charge is 0.351 e. The number of carbonyl (C=O) groups excluding carboxylic acids is 1. The number of aromatic nitrogens is 2. The smallest absolute Gasteiger partial charge is 0.276 e. The summed E-state index contributed by atoms with van der Waals surface area (Å²) in [5, 5.41) is 5.66. The molecule has 0 radical (unpaired) electrons. The Morgan fingerprint density at radius 3 is 2.81 bits per heavy atom. The Morgan fingerprint density at radius 2 is 2.03 bits per heavy atom. The summed E-state index contributed by atoms with van der Waals surface area (Å²) in [5.41, 5.74) is 1.54. The van der Waals surface area contributed by atoms with Gasteiger partial charge in [0, 0.05) is 16.6 Å². The summed E-state index contributed by atoms with van der Waals surface area (Å²) in [6.07, 6.45) is 0. The van der Waals surface area contributed by atoms with Crippen molar-refractivity contribution in [3.05, 3.63) is 85.7 Å². The van der Waals surface area contributed by atoms with Gasteiger partial charge in [0.1, 0.15) is 10.5 Å².